The molecule has 0 bridgehead atoms. The molecule has 0 aliphatic heterocycles. The van der Waals surface area contributed by atoms with Crippen LogP contribution in [0, 0.1) is 0 Å². The van der Waals surface area contributed by atoms with Gasteiger partial charge in [0.05, 0.1) is 24.5 Å². The summed E-state index contributed by atoms with van der Waals surface area (Å²) in [6.07, 6.45) is 6.58. The van der Waals surface area contributed by atoms with Crippen LogP contribution < -0.4 is 15.6 Å². The number of fused-ring (bicyclic) bond motifs is 2. The number of nitrogens with one attached hydrogen (secondary N) is 1. The van der Waals surface area contributed by atoms with E-state index in [9.17, 15) is 9.59 Å². The number of aryl methyl sites for hydroxylation is 2. The van der Waals surface area contributed by atoms with Crippen molar-refractivity contribution in [2.45, 2.75) is 45.1 Å². The zero-order valence-electron chi connectivity index (χ0n) is 19.3. The first-order valence-corrected chi connectivity index (χ1v) is 12.5. The minimum atomic E-state index is -0.689. The maximum absolute atomic E-state index is 13.7. The molecule has 1 atom stereocenters. The highest BCUT2D eigenvalue weighted by molar-refractivity contribution is 7.17. The number of thiophene rings is 1. The van der Waals surface area contributed by atoms with Gasteiger partial charge in [-0.1, -0.05) is 37.3 Å². The van der Waals surface area contributed by atoms with Crippen molar-refractivity contribution in [3.63, 3.8) is 0 Å². The Kier molecular flexibility index (Phi) is 6.20. The lowest BCUT2D eigenvalue weighted by Crippen LogP contribution is -2.33. The minimum absolute atomic E-state index is 0.194. The Bertz CT molecular complexity index is 1420. The molecule has 1 aliphatic rings. The molecule has 0 radical (unpaired) electrons. The van der Waals surface area contributed by atoms with Crippen molar-refractivity contribution in [3.05, 3.63) is 75.7 Å². The lowest BCUT2D eigenvalue weighted by atomic mass is 9.89. The van der Waals surface area contributed by atoms with Crippen LogP contribution in [0.4, 0.5) is 5.69 Å². The van der Waals surface area contributed by atoms with E-state index >= 15 is 0 Å². The molecule has 0 fully saturated rings. The number of aromatic nitrogens is 2. The smallest absolute Gasteiger partial charge is 0.263 e. The number of ether oxygens (including phenoxy) is 1. The third kappa shape index (κ3) is 4.01. The SMILES string of the molecule is CCC(C(=O)Nc1ccccc1OC)n1cnc2scc(-c3ccc4c(c3)CCCC4)c2c1=O. The molecule has 1 N–H and O–H groups in total. The third-order valence-electron chi connectivity index (χ3n) is 6.57. The fourth-order valence-electron chi connectivity index (χ4n) is 4.75. The number of benzene rings is 2. The summed E-state index contributed by atoms with van der Waals surface area (Å²) in [5.74, 6) is 0.292. The number of hydrogen-bond donors (Lipinski definition) is 1. The molecule has 0 spiro atoms. The Morgan fingerprint density at radius 1 is 1.18 bits per heavy atom. The standard InChI is InChI=1S/C27H27N3O3S/c1-3-22(25(31)29-21-10-6-7-11-23(21)33-2)30-16-28-26-24(27(30)32)20(15-34-26)19-13-12-17-8-4-5-9-18(17)14-19/h6-7,10-16,22H,3-5,8-9H2,1-2H3,(H,29,31). The number of amides is 1. The largest absolute Gasteiger partial charge is 0.495 e. The summed E-state index contributed by atoms with van der Waals surface area (Å²) in [6, 6.07) is 13.1. The molecule has 174 valence electrons. The van der Waals surface area contributed by atoms with Gasteiger partial charge in [0.25, 0.3) is 5.56 Å². The van der Waals surface area contributed by atoms with Crippen molar-refractivity contribution >= 4 is 33.1 Å². The van der Waals surface area contributed by atoms with E-state index in [-0.39, 0.29) is 11.5 Å². The van der Waals surface area contributed by atoms with E-state index in [1.54, 1.807) is 19.2 Å². The predicted molar refractivity (Wildman–Crippen MR) is 137 cm³/mol. The molecular formula is C27H27N3O3S. The summed E-state index contributed by atoms with van der Waals surface area (Å²) in [5.41, 5.74) is 5.08. The van der Waals surface area contributed by atoms with Gasteiger partial charge in [0.2, 0.25) is 5.91 Å². The first-order chi connectivity index (χ1) is 16.6. The Hall–Kier alpha value is -3.45. The molecule has 2 heterocycles. The summed E-state index contributed by atoms with van der Waals surface area (Å²) in [4.78, 5) is 32.1. The van der Waals surface area contributed by atoms with Gasteiger partial charge in [-0.05, 0) is 60.9 Å². The van der Waals surface area contributed by atoms with E-state index in [1.807, 2.05) is 24.4 Å². The average molecular weight is 474 g/mol. The molecule has 1 amide bonds. The molecule has 34 heavy (non-hydrogen) atoms. The lowest BCUT2D eigenvalue weighted by molar-refractivity contribution is -0.119. The van der Waals surface area contributed by atoms with Gasteiger partial charge in [0.15, 0.2) is 0 Å². The summed E-state index contributed by atoms with van der Waals surface area (Å²) in [6.45, 7) is 1.89. The molecule has 2 aromatic carbocycles. The zero-order valence-corrected chi connectivity index (χ0v) is 20.2. The van der Waals surface area contributed by atoms with Gasteiger partial charge in [0.1, 0.15) is 16.6 Å². The number of para-hydroxylation sites is 2. The van der Waals surface area contributed by atoms with Crippen LogP contribution in [0.25, 0.3) is 21.3 Å². The monoisotopic (exact) mass is 473 g/mol. The maximum atomic E-state index is 13.7. The van der Waals surface area contributed by atoms with Crippen molar-refractivity contribution < 1.29 is 9.53 Å². The van der Waals surface area contributed by atoms with Crippen LogP contribution in [0.15, 0.2) is 59.0 Å². The quantitative estimate of drug-likeness (QED) is 0.395. The van der Waals surface area contributed by atoms with Gasteiger partial charge in [0, 0.05) is 10.9 Å². The second kappa shape index (κ2) is 9.43. The van der Waals surface area contributed by atoms with Crippen LogP contribution in [0.5, 0.6) is 5.75 Å². The van der Waals surface area contributed by atoms with Gasteiger partial charge in [-0.15, -0.1) is 11.3 Å². The highest BCUT2D eigenvalue weighted by atomic mass is 32.1. The normalized spacial score (nSPS) is 13.9. The number of anilines is 1. The van der Waals surface area contributed by atoms with Gasteiger partial charge in [-0.2, -0.15) is 0 Å². The maximum Gasteiger partial charge on any atom is 0.263 e. The number of carbonyl (C=O) groups is 1. The molecule has 4 aromatic rings. The van der Waals surface area contributed by atoms with Crippen LogP contribution in [0.3, 0.4) is 0 Å². The fraction of sp³-hybridized carbons (Fsp3) is 0.296. The van der Waals surface area contributed by atoms with Crippen molar-refractivity contribution in [2.75, 3.05) is 12.4 Å². The number of methoxy groups -OCH3 is 1. The zero-order chi connectivity index (χ0) is 23.7. The van der Waals surface area contributed by atoms with Crippen molar-refractivity contribution in [1.29, 1.82) is 0 Å². The molecule has 1 unspecified atom stereocenters. The average Bonchev–Trinajstić information content (AvgIpc) is 3.31. The van der Waals surface area contributed by atoms with Gasteiger partial charge in [-0.3, -0.25) is 14.2 Å². The second-order valence-electron chi connectivity index (χ2n) is 8.59. The van der Waals surface area contributed by atoms with E-state index in [2.05, 4.69) is 28.5 Å². The highest BCUT2D eigenvalue weighted by Crippen LogP contribution is 2.34. The van der Waals surface area contributed by atoms with E-state index in [1.165, 1.54) is 46.2 Å². The van der Waals surface area contributed by atoms with E-state index < -0.39 is 6.04 Å². The van der Waals surface area contributed by atoms with E-state index in [0.29, 0.717) is 28.1 Å². The molecule has 0 saturated heterocycles. The Balaban J connectivity index is 1.53. The van der Waals surface area contributed by atoms with E-state index in [4.69, 9.17) is 4.74 Å². The number of rotatable bonds is 6. The van der Waals surface area contributed by atoms with Crippen LogP contribution in [0.1, 0.15) is 43.4 Å². The number of hydrogen-bond acceptors (Lipinski definition) is 5. The summed E-state index contributed by atoms with van der Waals surface area (Å²) in [5, 5.41) is 5.49. The second-order valence-corrected chi connectivity index (χ2v) is 9.45. The number of nitrogens with zero attached hydrogens (tertiary/aromatic N) is 2. The molecule has 5 rings (SSSR count). The molecule has 2 aromatic heterocycles. The molecule has 6 nitrogen and oxygen atoms in total. The van der Waals surface area contributed by atoms with Crippen LogP contribution in [-0.4, -0.2) is 22.6 Å². The van der Waals surface area contributed by atoms with Crippen molar-refractivity contribution in [1.82, 2.24) is 9.55 Å². The topological polar surface area (TPSA) is 73.2 Å². The first kappa shape index (κ1) is 22.3. The van der Waals surface area contributed by atoms with Crippen LogP contribution in [-0.2, 0) is 17.6 Å². The number of carbonyl (C=O) groups excluding carboxylic acids is 1. The van der Waals surface area contributed by atoms with Crippen molar-refractivity contribution in [3.8, 4) is 16.9 Å². The van der Waals surface area contributed by atoms with Crippen molar-refractivity contribution in [2.24, 2.45) is 0 Å². The van der Waals surface area contributed by atoms with Gasteiger partial charge in [-0.25, -0.2) is 4.98 Å². The fourth-order valence-corrected chi connectivity index (χ4v) is 5.66. The van der Waals surface area contributed by atoms with E-state index in [0.717, 1.165) is 24.0 Å². The van der Waals surface area contributed by atoms with Crippen LogP contribution in [0.2, 0.25) is 0 Å². The van der Waals surface area contributed by atoms with Gasteiger partial charge < -0.3 is 10.1 Å². The predicted octanol–water partition coefficient (Wildman–Crippen LogP) is 5.60. The molecule has 7 heteroatoms. The summed E-state index contributed by atoms with van der Waals surface area (Å²) >= 11 is 1.46. The Morgan fingerprint density at radius 3 is 2.76 bits per heavy atom. The first-order valence-electron chi connectivity index (χ1n) is 11.6. The Morgan fingerprint density at radius 2 is 1.97 bits per heavy atom. The molecule has 0 saturated carbocycles. The molecule has 1 aliphatic carbocycles. The summed E-state index contributed by atoms with van der Waals surface area (Å²) in [7, 11) is 1.56. The van der Waals surface area contributed by atoms with Crippen LogP contribution >= 0.6 is 11.3 Å². The highest BCUT2D eigenvalue weighted by Gasteiger charge is 2.24. The third-order valence-corrected chi connectivity index (χ3v) is 7.46. The lowest BCUT2D eigenvalue weighted by Gasteiger charge is -2.19. The van der Waals surface area contributed by atoms with Gasteiger partial charge >= 0.3 is 0 Å². The summed E-state index contributed by atoms with van der Waals surface area (Å²) < 4.78 is 6.81. The Labute approximate surface area is 202 Å². The molecular weight excluding hydrogens is 446 g/mol. The minimum Gasteiger partial charge on any atom is -0.495 e.